The van der Waals surface area contributed by atoms with Gasteiger partial charge in [0.1, 0.15) is 0 Å². The Morgan fingerprint density at radius 3 is 1.76 bits per heavy atom. The van der Waals surface area contributed by atoms with Crippen LogP contribution in [-0.4, -0.2) is 38.4 Å². The molecule has 0 aromatic heterocycles. The molecule has 0 atom stereocenters. The van der Waals surface area contributed by atoms with E-state index >= 15 is 0 Å². The number of hydrogen-bond donors (Lipinski definition) is 0. The van der Waals surface area contributed by atoms with Gasteiger partial charge in [0.25, 0.3) is 0 Å². The summed E-state index contributed by atoms with van der Waals surface area (Å²) in [5.41, 5.74) is -1.28. The summed E-state index contributed by atoms with van der Waals surface area (Å²) in [4.78, 5) is 23.6. The van der Waals surface area contributed by atoms with Crippen LogP contribution in [0.15, 0.2) is 0 Å². The Balaban J connectivity index is 4.66. The van der Waals surface area contributed by atoms with Gasteiger partial charge in [0, 0.05) is 13.2 Å². The minimum atomic E-state index is -1.28. The molecule has 0 fully saturated rings. The van der Waals surface area contributed by atoms with E-state index in [-0.39, 0.29) is 19.6 Å². The van der Waals surface area contributed by atoms with Crippen molar-refractivity contribution in [2.45, 2.75) is 34.1 Å². The zero-order valence-corrected chi connectivity index (χ0v) is 11.1. The molecule has 0 amide bonds. The molecule has 0 aliphatic carbocycles. The Bertz CT molecular complexity index is 231. The standard InChI is InChI=1S/C12H22O5/c1-5-15-9-8-12(4,10(13)16-6-2)11(14)17-7-3/h5-9H2,1-4H3. The molecule has 0 unspecified atom stereocenters. The highest BCUT2D eigenvalue weighted by Crippen LogP contribution is 2.25. The first-order valence-electron chi connectivity index (χ1n) is 5.95. The van der Waals surface area contributed by atoms with Crippen molar-refractivity contribution in [2.24, 2.45) is 5.41 Å². The van der Waals surface area contributed by atoms with Crippen LogP contribution in [0.2, 0.25) is 0 Å². The third kappa shape index (κ3) is 4.73. The monoisotopic (exact) mass is 246 g/mol. The lowest BCUT2D eigenvalue weighted by atomic mass is 9.87. The highest BCUT2D eigenvalue weighted by Gasteiger charge is 2.43. The van der Waals surface area contributed by atoms with Crippen LogP contribution >= 0.6 is 0 Å². The summed E-state index contributed by atoms with van der Waals surface area (Å²) in [5, 5.41) is 0. The van der Waals surface area contributed by atoms with E-state index in [0.717, 1.165) is 0 Å². The van der Waals surface area contributed by atoms with E-state index in [1.807, 2.05) is 6.92 Å². The van der Waals surface area contributed by atoms with Crippen molar-refractivity contribution < 1.29 is 23.8 Å². The third-order valence-electron chi connectivity index (χ3n) is 2.40. The fourth-order valence-corrected chi connectivity index (χ4v) is 1.29. The van der Waals surface area contributed by atoms with Crippen LogP contribution < -0.4 is 0 Å². The number of esters is 2. The lowest BCUT2D eigenvalue weighted by molar-refractivity contribution is -0.172. The zero-order valence-electron chi connectivity index (χ0n) is 11.1. The van der Waals surface area contributed by atoms with Gasteiger partial charge in [0.05, 0.1) is 13.2 Å². The van der Waals surface area contributed by atoms with Crippen molar-refractivity contribution in [1.82, 2.24) is 0 Å². The van der Waals surface area contributed by atoms with Gasteiger partial charge in [0.2, 0.25) is 0 Å². The summed E-state index contributed by atoms with van der Waals surface area (Å²) in [6.07, 6.45) is 0.262. The fourth-order valence-electron chi connectivity index (χ4n) is 1.29. The van der Waals surface area contributed by atoms with Gasteiger partial charge in [-0.3, -0.25) is 9.59 Å². The van der Waals surface area contributed by atoms with Gasteiger partial charge in [-0.15, -0.1) is 0 Å². The van der Waals surface area contributed by atoms with Crippen LogP contribution in [0, 0.1) is 5.41 Å². The maximum Gasteiger partial charge on any atom is 0.323 e. The Labute approximate surface area is 102 Å². The second-order valence-electron chi connectivity index (χ2n) is 3.72. The quantitative estimate of drug-likeness (QED) is 0.369. The first kappa shape index (κ1) is 15.9. The van der Waals surface area contributed by atoms with E-state index in [4.69, 9.17) is 14.2 Å². The van der Waals surface area contributed by atoms with Crippen molar-refractivity contribution in [3.63, 3.8) is 0 Å². The van der Waals surface area contributed by atoms with Crippen molar-refractivity contribution in [3.05, 3.63) is 0 Å². The third-order valence-corrected chi connectivity index (χ3v) is 2.40. The van der Waals surface area contributed by atoms with Gasteiger partial charge in [-0.1, -0.05) is 0 Å². The zero-order chi connectivity index (χ0) is 13.3. The summed E-state index contributed by atoms with van der Waals surface area (Å²) < 4.78 is 15.0. The Kier molecular flexibility index (Phi) is 7.54. The Morgan fingerprint density at radius 1 is 0.941 bits per heavy atom. The maximum atomic E-state index is 11.8. The lowest BCUT2D eigenvalue weighted by Crippen LogP contribution is -2.40. The average Bonchev–Trinajstić information content (AvgIpc) is 2.29. The SMILES string of the molecule is CCOCCC(C)(C(=O)OCC)C(=O)OCC. The summed E-state index contributed by atoms with van der Waals surface area (Å²) in [5.74, 6) is -1.11. The molecule has 0 radical (unpaired) electrons. The lowest BCUT2D eigenvalue weighted by Gasteiger charge is -2.24. The highest BCUT2D eigenvalue weighted by atomic mass is 16.6. The summed E-state index contributed by atoms with van der Waals surface area (Å²) in [6.45, 7) is 8.13. The van der Waals surface area contributed by atoms with Gasteiger partial charge in [0.15, 0.2) is 5.41 Å². The summed E-state index contributed by atoms with van der Waals surface area (Å²) >= 11 is 0. The van der Waals surface area contributed by atoms with Crippen molar-refractivity contribution in [2.75, 3.05) is 26.4 Å². The summed E-state index contributed by atoms with van der Waals surface area (Å²) in [6, 6.07) is 0. The van der Waals surface area contributed by atoms with E-state index in [1.54, 1.807) is 13.8 Å². The average molecular weight is 246 g/mol. The number of rotatable bonds is 8. The molecule has 0 aliphatic heterocycles. The number of carbonyl (C=O) groups is 2. The molecule has 0 aromatic rings. The maximum absolute atomic E-state index is 11.8. The largest absolute Gasteiger partial charge is 0.465 e. The van der Waals surface area contributed by atoms with E-state index in [9.17, 15) is 9.59 Å². The molecule has 0 bridgehead atoms. The molecule has 0 rings (SSSR count). The second-order valence-corrected chi connectivity index (χ2v) is 3.72. The molecule has 0 spiro atoms. The molecule has 100 valence electrons. The predicted molar refractivity (Wildman–Crippen MR) is 62.5 cm³/mol. The smallest absolute Gasteiger partial charge is 0.323 e. The minimum absolute atomic E-state index is 0.239. The number of hydrogen-bond acceptors (Lipinski definition) is 5. The van der Waals surface area contributed by atoms with Crippen LogP contribution in [0.1, 0.15) is 34.1 Å². The molecule has 5 nitrogen and oxygen atoms in total. The number of ether oxygens (including phenoxy) is 3. The molecule has 0 heterocycles. The molecule has 0 saturated carbocycles. The van der Waals surface area contributed by atoms with Crippen molar-refractivity contribution in [1.29, 1.82) is 0 Å². The minimum Gasteiger partial charge on any atom is -0.465 e. The Morgan fingerprint density at radius 2 is 1.41 bits per heavy atom. The first-order chi connectivity index (χ1) is 8.02. The molecule has 0 N–H and O–H groups in total. The van der Waals surface area contributed by atoms with Crippen LogP contribution in [-0.2, 0) is 23.8 Å². The topological polar surface area (TPSA) is 61.8 Å². The summed E-state index contributed by atoms with van der Waals surface area (Å²) in [7, 11) is 0. The van der Waals surface area contributed by atoms with Crippen LogP contribution in [0.5, 0.6) is 0 Å². The second kappa shape index (κ2) is 8.06. The highest BCUT2D eigenvalue weighted by molar-refractivity contribution is 5.99. The van der Waals surface area contributed by atoms with Gasteiger partial charge in [-0.25, -0.2) is 0 Å². The van der Waals surface area contributed by atoms with Gasteiger partial charge in [-0.05, 0) is 34.1 Å². The molecule has 0 aliphatic rings. The molecule has 0 aromatic carbocycles. The Hall–Kier alpha value is -1.10. The van der Waals surface area contributed by atoms with Crippen LogP contribution in [0.3, 0.4) is 0 Å². The molecule has 17 heavy (non-hydrogen) atoms. The first-order valence-corrected chi connectivity index (χ1v) is 5.95. The van der Waals surface area contributed by atoms with Crippen LogP contribution in [0.25, 0.3) is 0 Å². The van der Waals surface area contributed by atoms with E-state index in [0.29, 0.717) is 13.2 Å². The van der Waals surface area contributed by atoms with Gasteiger partial charge >= 0.3 is 11.9 Å². The number of carbonyl (C=O) groups excluding carboxylic acids is 2. The fraction of sp³-hybridized carbons (Fsp3) is 0.833. The van der Waals surface area contributed by atoms with Crippen molar-refractivity contribution >= 4 is 11.9 Å². The molecular formula is C12H22O5. The normalized spacial score (nSPS) is 11.1. The van der Waals surface area contributed by atoms with E-state index < -0.39 is 17.4 Å². The van der Waals surface area contributed by atoms with E-state index in [2.05, 4.69) is 0 Å². The van der Waals surface area contributed by atoms with Gasteiger partial charge in [-0.2, -0.15) is 0 Å². The van der Waals surface area contributed by atoms with Crippen molar-refractivity contribution in [3.8, 4) is 0 Å². The van der Waals surface area contributed by atoms with E-state index in [1.165, 1.54) is 6.92 Å². The molecular weight excluding hydrogens is 224 g/mol. The molecule has 0 saturated heterocycles. The predicted octanol–water partition coefficient (Wildman–Crippen LogP) is 1.55. The molecule has 5 heteroatoms. The van der Waals surface area contributed by atoms with Gasteiger partial charge < -0.3 is 14.2 Å². The van der Waals surface area contributed by atoms with Crippen LogP contribution in [0.4, 0.5) is 0 Å².